The van der Waals surface area contributed by atoms with E-state index in [2.05, 4.69) is 0 Å². The van der Waals surface area contributed by atoms with Gasteiger partial charge in [0.05, 0.1) is 0 Å². The molecule has 2 atom stereocenters. The van der Waals surface area contributed by atoms with Gasteiger partial charge in [0.15, 0.2) is 0 Å². The molecule has 0 aromatic carbocycles. The molecule has 0 bridgehead atoms. The number of hydrogen-bond acceptors (Lipinski definition) is 4. The first-order valence-corrected chi connectivity index (χ1v) is 3.18. The van der Waals surface area contributed by atoms with Gasteiger partial charge in [-0.15, -0.1) is 0 Å². The monoisotopic (exact) mass is 176 g/mol. The second-order valence-electron chi connectivity index (χ2n) is 3.02. The Kier molecular flexibility index (Phi) is 2.46. The zero-order chi connectivity index (χ0) is 10.2. The number of carboxylic acids is 2. The lowest BCUT2D eigenvalue weighted by Crippen LogP contribution is -2.70. The summed E-state index contributed by atoms with van der Waals surface area (Å²) in [4.78, 5) is 21.0. The van der Waals surface area contributed by atoms with E-state index in [1.165, 1.54) is 0 Å². The van der Waals surface area contributed by atoms with Gasteiger partial charge in [0, 0.05) is 0 Å². The number of carbonyl (C=O) groups is 2. The van der Waals surface area contributed by atoms with Crippen molar-refractivity contribution >= 4 is 11.9 Å². The molecule has 0 saturated carbocycles. The van der Waals surface area contributed by atoms with Crippen molar-refractivity contribution in [3.8, 4) is 0 Å². The van der Waals surface area contributed by atoms with Crippen LogP contribution in [0.4, 0.5) is 0 Å². The van der Waals surface area contributed by atoms with E-state index < -0.39 is 23.0 Å². The third-order valence-corrected chi connectivity index (χ3v) is 1.97. The van der Waals surface area contributed by atoms with Crippen LogP contribution in [0.25, 0.3) is 0 Å². The van der Waals surface area contributed by atoms with Gasteiger partial charge in [0.1, 0.15) is 11.1 Å². The van der Waals surface area contributed by atoms with Crippen molar-refractivity contribution in [1.82, 2.24) is 0 Å². The summed E-state index contributed by atoms with van der Waals surface area (Å²) in [6, 6.07) is 0. The van der Waals surface area contributed by atoms with E-state index in [0.29, 0.717) is 0 Å². The molecule has 0 rings (SSSR count). The van der Waals surface area contributed by atoms with Crippen molar-refractivity contribution in [3.63, 3.8) is 0 Å². The second-order valence-corrected chi connectivity index (χ2v) is 3.02. The van der Waals surface area contributed by atoms with Crippen LogP contribution in [0.1, 0.15) is 13.8 Å². The fourth-order valence-corrected chi connectivity index (χ4v) is 0.444. The Morgan fingerprint density at radius 3 is 1.25 bits per heavy atom. The SMILES string of the molecule is CC(N)(C(=O)O)[C@](C)(N)C(=O)O. The zero-order valence-corrected chi connectivity index (χ0v) is 6.87. The Balaban J connectivity index is 5.01. The zero-order valence-electron chi connectivity index (χ0n) is 6.87. The van der Waals surface area contributed by atoms with E-state index in [1.807, 2.05) is 0 Å². The van der Waals surface area contributed by atoms with Gasteiger partial charge in [-0.25, -0.2) is 0 Å². The molecule has 0 saturated heterocycles. The molecule has 0 spiro atoms. The van der Waals surface area contributed by atoms with Crippen LogP contribution < -0.4 is 11.5 Å². The number of aliphatic carboxylic acids is 2. The highest BCUT2D eigenvalue weighted by atomic mass is 16.4. The molecule has 0 aliphatic heterocycles. The lowest BCUT2D eigenvalue weighted by atomic mass is 9.81. The van der Waals surface area contributed by atoms with Crippen LogP contribution in [0.15, 0.2) is 0 Å². The number of nitrogens with two attached hydrogens (primary N) is 2. The van der Waals surface area contributed by atoms with Crippen LogP contribution in [-0.4, -0.2) is 33.2 Å². The van der Waals surface area contributed by atoms with Gasteiger partial charge in [-0.2, -0.15) is 0 Å². The summed E-state index contributed by atoms with van der Waals surface area (Å²) in [5, 5.41) is 17.1. The maximum Gasteiger partial charge on any atom is 0.325 e. The molecule has 6 heteroatoms. The molecule has 0 aliphatic carbocycles. The molecular formula is C6H12N2O4. The Bertz CT molecular complexity index is 198. The lowest BCUT2D eigenvalue weighted by molar-refractivity contribution is -0.155. The molecule has 0 amide bonds. The quantitative estimate of drug-likeness (QED) is 0.418. The first-order valence-electron chi connectivity index (χ1n) is 3.18. The highest BCUT2D eigenvalue weighted by Gasteiger charge is 2.50. The summed E-state index contributed by atoms with van der Waals surface area (Å²) in [5.41, 5.74) is 6.49. The molecule has 0 heterocycles. The first kappa shape index (κ1) is 10.9. The molecule has 1 unspecified atom stereocenters. The van der Waals surface area contributed by atoms with E-state index in [4.69, 9.17) is 21.7 Å². The van der Waals surface area contributed by atoms with E-state index in [0.717, 1.165) is 13.8 Å². The van der Waals surface area contributed by atoms with Gasteiger partial charge in [0.2, 0.25) is 0 Å². The molecular weight excluding hydrogens is 164 g/mol. The van der Waals surface area contributed by atoms with E-state index in [1.54, 1.807) is 0 Å². The van der Waals surface area contributed by atoms with Crippen LogP contribution in [-0.2, 0) is 9.59 Å². The number of hydrogen-bond donors (Lipinski definition) is 4. The van der Waals surface area contributed by atoms with E-state index in [-0.39, 0.29) is 0 Å². The predicted molar refractivity (Wildman–Crippen MR) is 40.5 cm³/mol. The number of rotatable bonds is 3. The second kappa shape index (κ2) is 2.72. The highest BCUT2D eigenvalue weighted by molar-refractivity contribution is 5.91. The van der Waals surface area contributed by atoms with E-state index >= 15 is 0 Å². The maximum absolute atomic E-state index is 10.5. The Labute approximate surface area is 69.2 Å². The number of carboxylic acid groups (broad SMARTS) is 2. The van der Waals surface area contributed by atoms with E-state index in [9.17, 15) is 9.59 Å². The van der Waals surface area contributed by atoms with Gasteiger partial charge in [-0.1, -0.05) is 0 Å². The summed E-state index contributed by atoms with van der Waals surface area (Å²) < 4.78 is 0. The minimum absolute atomic E-state index is 1.06. The van der Waals surface area contributed by atoms with Crippen molar-refractivity contribution in [2.75, 3.05) is 0 Å². The molecule has 0 aromatic rings. The van der Waals surface area contributed by atoms with Gasteiger partial charge in [-0.3, -0.25) is 9.59 Å². The van der Waals surface area contributed by atoms with Crippen LogP contribution in [0.2, 0.25) is 0 Å². The van der Waals surface area contributed by atoms with Gasteiger partial charge in [0.25, 0.3) is 0 Å². The summed E-state index contributed by atoms with van der Waals surface area (Å²) in [7, 11) is 0. The lowest BCUT2D eigenvalue weighted by Gasteiger charge is -2.33. The Morgan fingerprint density at radius 1 is 1.00 bits per heavy atom. The highest BCUT2D eigenvalue weighted by Crippen LogP contribution is 2.16. The van der Waals surface area contributed by atoms with Gasteiger partial charge in [-0.05, 0) is 13.8 Å². The molecule has 6 N–H and O–H groups in total. The van der Waals surface area contributed by atoms with Gasteiger partial charge >= 0.3 is 11.9 Å². The van der Waals surface area contributed by atoms with Crippen molar-refractivity contribution in [2.45, 2.75) is 24.9 Å². The van der Waals surface area contributed by atoms with Crippen LogP contribution in [0, 0.1) is 0 Å². The van der Waals surface area contributed by atoms with Crippen molar-refractivity contribution in [2.24, 2.45) is 11.5 Å². The third kappa shape index (κ3) is 1.39. The fraction of sp³-hybridized carbons (Fsp3) is 0.667. The summed E-state index contributed by atoms with van der Waals surface area (Å²) in [6.45, 7) is 2.12. The van der Waals surface area contributed by atoms with Gasteiger partial charge < -0.3 is 21.7 Å². The smallest absolute Gasteiger partial charge is 0.325 e. The predicted octanol–water partition coefficient (Wildman–Crippen LogP) is -1.41. The fourth-order valence-electron chi connectivity index (χ4n) is 0.444. The Hall–Kier alpha value is -1.14. The van der Waals surface area contributed by atoms with Crippen LogP contribution in [0.5, 0.6) is 0 Å². The molecule has 0 radical (unpaired) electrons. The molecule has 6 nitrogen and oxygen atoms in total. The van der Waals surface area contributed by atoms with Crippen molar-refractivity contribution in [1.29, 1.82) is 0 Å². The van der Waals surface area contributed by atoms with Crippen molar-refractivity contribution in [3.05, 3.63) is 0 Å². The molecule has 0 aromatic heterocycles. The standard InChI is InChI=1S/C6H12N2O4/c1-5(7,3(9)10)6(2,8)4(11)12/h7-8H2,1-2H3,(H,9,10)(H,11,12)/t5-,6?/m1/s1. The molecule has 0 aliphatic rings. The topological polar surface area (TPSA) is 127 Å². The largest absolute Gasteiger partial charge is 0.480 e. The molecule has 70 valence electrons. The Morgan fingerprint density at radius 2 is 1.17 bits per heavy atom. The molecule has 12 heavy (non-hydrogen) atoms. The minimum Gasteiger partial charge on any atom is -0.480 e. The van der Waals surface area contributed by atoms with Crippen molar-refractivity contribution < 1.29 is 19.8 Å². The molecule has 0 fully saturated rings. The summed E-state index contributed by atoms with van der Waals surface area (Å²) in [5.74, 6) is -2.90. The minimum atomic E-state index is -1.99. The van der Waals surface area contributed by atoms with Crippen LogP contribution >= 0.6 is 0 Å². The third-order valence-electron chi connectivity index (χ3n) is 1.97. The normalized spacial score (nSPS) is 20.7. The maximum atomic E-state index is 10.5. The van der Waals surface area contributed by atoms with Crippen LogP contribution in [0.3, 0.4) is 0 Å². The first-order chi connectivity index (χ1) is 5.14. The summed E-state index contributed by atoms with van der Waals surface area (Å²) in [6.07, 6.45) is 0. The average molecular weight is 176 g/mol. The average Bonchev–Trinajstić information content (AvgIpc) is 1.86. The summed E-state index contributed by atoms with van der Waals surface area (Å²) >= 11 is 0.